The van der Waals surface area contributed by atoms with Crippen molar-refractivity contribution < 1.29 is 29.0 Å². The number of nitrogens with zero attached hydrogens (tertiary/aromatic N) is 3. The molecule has 0 aromatic carbocycles. The number of aliphatic hydroxyl groups excluding tert-OH is 1. The smallest absolute Gasteiger partial charge is 0.325 e. The van der Waals surface area contributed by atoms with Crippen LogP contribution in [0.2, 0.25) is 0 Å². The maximum absolute atomic E-state index is 13.4. The maximum Gasteiger partial charge on any atom is 0.325 e. The summed E-state index contributed by atoms with van der Waals surface area (Å²) in [6.07, 6.45) is 6.89. The summed E-state index contributed by atoms with van der Waals surface area (Å²) in [5.74, 6) is -2.36. The van der Waals surface area contributed by atoms with Gasteiger partial charge < -0.3 is 20.5 Å². The molecule has 0 bridgehead atoms. The van der Waals surface area contributed by atoms with Crippen molar-refractivity contribution in [3.8, 4) is 0 Å². The van der Waals surface area contributed by atoms with Crippen LogP contribution in [0.25, 0.3) is 17.0 Å². The lowest BCUT2D eigenvalue weighted by atomic mass is 9.90. The molecule has 1 saturated heterocycles. The van der Waals surface area contributed by atoms with Crippen molar-refractivity contribution >= 4 is 75.5 Å². The molecule has 3 heterocycles. The molecule has 4 atom stereocenters. The van der Waals surface area contributed by atoms with Gasteiger partial charge in [0.2, 0.25) is 15.6 Å². The standard InChI is InChI=1S/C31H41Cl3N6O6/c1-17(2)25(26(42)37-18(3)27(43)40-11-7-8-23(39-40)28(44)46-16-31(32,33)34)38-29(45)30(5,6)10-9-22-13-20-12-21(19(4)41)14-36-24(20)15-35-22/h9-10,12-15,17-19,23,25,39,41H,7-8,11,16H2,1-6H3,(H,37,42)(H,38,45)/b10-9+/t18-,19+,23-,25?/m0/s1. The number of halogens is 3. The van der Waals surface area contributed by atoms with Gasteiger partial charge in [-0.2, -0.15) is 0 Å². The Morgan fingerprint density at radius 3 is 2.43 bits per heavy atom. The van der Waals surface area contributed by atoms with E-state index >= 15 is 0 Å². The van der Waals surface area contributed by atoms with Crippen LogP contribution in [0, 0.1) is 11.3 Å². The average molecular weight is 700 g/mol. The van der Waals surface area contributed by atoms with Crippen LogP contribution in [0.3, 0.4) is 0 Å². The van der Waals surface area contributed by atoms with Crippen LogP contribution < -0.4 is 16.1 Å². The van der Waals surface area contributed by atoms with Gasteiger partial charge in [0, 0.05) is 18.1 Å². The van der Waals surface area contributed by atoms with E-state index in [1.807, 2.05) is 12.1 Å². The molecular formula is C31H41Cl3N6O6. The number of nitrogens with one attached hydrogen (secondary N) is 3. The van der Waals surface area contributed by atoms with Gasteiger partial charge in [0.05, 0.1) is 28.9 Å². The molecule has 1 aliphatic heterocycles. The second-order valence-corrected chi connectivity index (χ2v) is 14.8. The Balaban J connectivity index is 1.62. The van der Waals surface area contributed by atoms with Gasteiger partial charge in [0.15, 0.2) is 0 Å². The molecule has 1 fully saturated rings. The van der Waals surface area contributed by atoms with Crippen molar-refractivity contribution in [2.45, 2.75) is 82.4 Å². The van der Waals surface area contributed by atoms with Crippen LogP contribution >= 0.6 is 34.8 Å². The molecule has 3 rings (SSSR count). The molecule has 12 nitrogen and oxygen atoms in total. The molecule has 1 unspecified atom stereocenters. The zero-order chi connectivity index (χ0) is 34.4. The quantitative estimate of drug-likeness (QED) is 0.202. The van der Waals surface area contributed by atoms with Crippen LogP contribution in [0.15, 0.2) is 30.6 Å². The van der Waals surface area contributed by atoms with Gasteiger partial charge in [-0.15, -0.1) is 0 Å². The van der Waals surface area contributed by atoms with E-state index in [2.05, 4.69) is 26.0 Å². The Morgan fingerprint density at radius 1 is 1.11 bits per heavy atom. The maximum atomic E-state index is 13.4. The Labute approximate surface area is 283 Å². The summed E-state index contributed by atoms with van der Waals surface area (Å²) in [5, 5.41) is 17.4. The van der Waals surface area contributed by atoms with Gasteiger partial charge in [-0.05, 0) is 70.2 Å². The van der Waals surface area contributed by atoms with E-state index in [1.165, 1.54) is 11.9 Å². The molecule has 0 saturated carbocycles. The number of carbonyl (C=O) groups excluding carboxylic acids is 4. The minimum Gasteiger partial charge on any atom is -0.460 e. The Hall–Kier alpha value is -3.03. The molecule has 46 heavy (non-hydrogen) atoms. The number of rotatable bonds is 11. The third-order valence-corrected chi connectivity index (χ3v) is 7.76. The first-order chi connectivity index (χ1) is 21.4. The van der Waals surface area contributed by atoms with Gasteiger partial charge in [-0.1, -0.05) is 54.7 Å². The number of pyridine rings is 2. The summed E-state index contributed by atoms with van der Waals surface area (Å²) in [5.41, 5.74) is 3.74. The third-order valence-electron chi connectivity index (χ3n) is 7.43. The second-order valence-electron chi connectivity index (χ2n) is 12.3. The second kappa shape index (κ2) is 15.7. The van der Waals surface area contributed by atoms with Gasteiger partial charge in [-0.3, -0.25) is 34.2 Å². The molecule has 0 aliphatic carbocycles. The molecule has 0 spiro atoms. The number of aliphatic hydroxyl groups is 1. The number of amides is 3. The highest BCUT2D eigenvalue weighted by molar-refractivity contribution is 6.67. The summed E-state index contributed by atoms with van der Waals surface area (Å²) >= 11 is 16.9. The minimum atomic E-state index is -1.76. The molecular weight excluding hydrogens is 659 g/mol. The molecule has 2 aromatic rings. The van der Waals surface area contributed by atoms with Crippen LogP contribution in [0.4, 0.5) is 0 Å². The number of alkyl halides is 3. The molecule has 1 aliphatic rings. The average Bonchev–Trinajstić information content (AvgIpc) is 2.99. The fourth-order valence-corrected chi connectivity index (χ4v) is 4.75. The number of ether oxygens (including phenoxy) is 1. The van der Waals surface area contributed by atoms with Crippen molar-refractivity contribution in [3.63, 3.8) is 0 Å². The van der Waals surface area contributed by atoms with Crippen molar-refractivity contribution in [3.05, 3.63) is 41.9 Å². The van der Waals surface area contributed by atoms with Crippen LogP contribution in [-0.2, 0) is 23.9 Å². The lowest BCUT2D eigenvalue weighted by Crippen LogP contribution is -2.61. The number of hydrogen-bond donors (Lipinski definition) is 4. The highest BCUT2D eigenvalue weighted by Crippen LogP contribution is 2.26. The van der Waals surface area contributed by atoms with Gasteiger partial charge in [0.25, 0.3) is 5.91 Å². The Morgan fingerprint density at radius 2 is 1.80 bits per heavy atom. The van der Waals surface area contributed by atoms with Crippen molar-refractivity contribution in [1.29, 1.82) is 0 Å². The summed E-state index contributed by atoms with van der Waals surface area (Å²) < 4.78 is 3.27. The normalized spacial score (nSPS) is 17.9. The fourth-order valence-electron chi connectivity index (χ4n) is 4.58. The summed E-state index contributed by atoms with van der Waals surface area (Å²) in [6.45, 7) is 10.1. The van der Waals surface area contributed by atoms with E-state index in [1.54, 1.807) is 59.2 Å². The van der Waals surface area contributed by atoms with E-state index in [9.17, 15) is 24.3 Å². The number of aromatic nitrogens is 2. The molecule has 2 aromatic heterocycles. The monoisotopic (exact) mass is 698 g/mol. The number of fused-ring (bicyclic) bond motifs is 1. The van der Waals surface area contributed by atoms with Crippen molar-refractivity contribution in [1.82, 2.24) is 31.0 Å². The van der Waals surface area contributed by atoms with Gasteiger partial charge in [0.1, 0.15) is 24.7 Å². The SMILES string of the molecule is CC(C)C(NC(=O)C(C)(C)/C=C/c1cc2cc([C@@H](C)O)cnc2cn1)C(=O)N[C@@H](C)C(=O)N1CCC[C@@H](C(=O)OCC(Cl)(Cl)Cl)N1. The predicted molar refractivity (Wildman–Crippen MR) is 176 cm³/mol. The van der Waals surface area contributed by atoms with E-state index in [-0.39, 0.29) is 5.92 Å². The fraction of sp³-hybridized carbons (Fsp3) is 0.548. The number of hydrogen-bond acceptors (Lipinski definition) is 9. The van der Waals surface area contributed by atoms with Gasteiger partial charge in [-0.25, -0.2) is 5.43 Å². The number of carbonyl (C=O) groups is 4. The summed E-state index contributed by atoms with van der Waals surface area (Å²) in [4.78, 5) is 60.9. The zero-order valence-corrected chi connectivity index (χ0v) is 28.9. The first-order valence-electron chi connectivity index (χ1n) is 14.9. The summed E-state index contributed by atoms with van der Waals surface area (Å²) in [6, 6.07) is 0.926. The Bertz CT molecular complexity index is 1460. The van der Waals surface area contributed by atoms with Crippen molar-refractivity contribution in [2.24, 2.45) is 11.3 Å². The highest BCUT2D eigenvalue weighted by atomic mass is 35.6. The molecule has 3 amide bonds. The molecule has 252 valence electrons. The van der Waals surface area contributed by atoms with E-state index in [4.69, 9.17) is 39.5 Å². The number of hydrazine groups is 1. The lowest BCUT2D eigenvalue weighted by Gasteiger charge is -2.35. The third kappa shape index (κ3) is 10.5. The zero-order valence-electron chi connectivity index (χ0n) is 26.6. The van der Waals surface area contributed by atoms with Crippen LogP contribution in [-0.4, -0.2) is 78.8 Å². The van der Waals surface area contributed by atoms with E-state index in [0.29, 0.717) is 36.2 Å². The first-order valence-corrected chi connectivity index (χ1v) is 16.1. The molecule has 15 heteroatoms. The lowest BCUT2D eigenvalue weighted by molar-refractivity contribution is -0.152. The van der Waals surface area contributed by atoms with Crippen molar-refractivity contribution in [2.75, 3.05) is 13.2 Å². The first kappa shape index (κ1) is 37.4. The minimum absolute atomic E-state index is 0.297. The topological polar surface area (TPSA) is 163 Å². The summed E-state index contributed by atoms with van der Waals surface area (Å²) in [7, 11) is 0. The Kier molecular flexibility index (Phi) is 12.8. The number of esters is 1. The van der Waals surface area contributed by atoms with Crippen LogP contribution in [0.1, 0.15) is 71.7 Å². The van der Waals surface area contributed by atoms with Gasteiger partial charge >= 0.3 is 5.97 Å². The molecule has 0 radical (unpaired) electrons. The van der Waals surface area contributed by atoms with Crippen LogP contribution in [0.5, 0.6) is 0 Å². The molecule has 4 N–H and O–H groups in total. The van der Waals surface area contributed by atoms with E-state index < -0.39 is 63.7 Å². The van der Waals surface area contributed by atoms with E-state index in [0.717, 1.165) is 5.39 Å². The highest BCUT2D eigenvalue weighted by Gasteiger charge is 2.35. The largest absolute Gasteiger partial charge is 0.460 e. The predicted octanol–water partition coefficient (Wildman–Crippen LogP) is 3.78.